The Morgan fingerprint density at radius 3 is 2.79 bits per heavy atom. The van der Waals surface area contributed by atoms with E-state index in [0.717, 1.165) is 48.4 Å². The predicted molar refractivity (Wildman–Crippen MR) is 132 cm³/mol. The van der Waals surface area contributed by atoms with E-state index in [2.05, 4.69) is 58.7 Å². The van der Waals surface area contributed by atoms with Crippen LogP contribution in [0.4, 0.5) is 10.1 Å². The van der Waals surface area contributed by atoms with Crippen molar-refractivity contribution in [1.29, 1.82) is 0 Å². The third kappa shape index (κ3) is 4.18. The molecule has 5 nitrogen and oxygen atoms in total. The van der Waals surface area contributed by atoms with Gasteiger partial charge in [0, 0.05) is 31.2 Å². The standard InChI is InChI=1S/C26H29ClFN5/c1-16(2)32-12-9-18(10-13-32)19-7-8-20-21(15-19)23(11-14-33-26(20)17(3)30-31-33)29-24-6-4-5-22(27)25(24)28/h4-9,15-16,23,29H,10-14H2,1-3H3. The highest BCUT2D eigenvalue weighted by atomic mass is 35.5. The summed E-state index contributed by atoms with van der Waals surface area (Å²) in [7, 11) is 0. The number of aryl methyl sites for hydroxylation is 2. The van der Waals surface area contributed by atoms with Crippen molar-refractivity contribution >= 4 is 22.9 Å². The molecule has 0 bridgehead atoms. The molecule has 3 heterocycles. The number of nitrogens with zero attached hydrogens (tertiary/aromatic N) is 4. The first-order valence-electron chi connectivity index (χ1n) is 11.6. The molecular weight excluding hydrogens is 437 g/mol. The number of fused-ring (bicyclic) bond motifs is 3. The van der Waals surface area contributed by atoms with Crippen LogP contribution in [0.2, 0.25) is 5.02 Å². The smallest absolute Gasteiger partial charge is 0.164 e. The minimum atomic E-state index is -0.416. The van der Waals surface area contributed by atoms with Gasteiger partial charge in [-0.3, -0.25) is 4.90 Å². The van der Waals surface area contributed by atoms with E-state index in [9.17, 15) is 4.39 Å². The first kappa shape index (κ1) is 22.1. The Morgan fingerprint density at radius 1 is 1.18 bits per heavy atom. The van der Waals surface area contributed by atoms with Crippen molar-refractivity contribution in [2.75, 3.05) is 18.4 Å². The summed E-state index contributed by atoms with van der Waals surface area (Å²) in [5.74, 6) is -0.416. The SMILES string of the molecule is Cc1nnn2c1-c1ccc(C3=CCN(C(C)C)CC3)cc1C(Nc1cccc(Cl)c1F)CC2. The minimum absolute atomic E-state index is 0.0784. The molecule has 3 aromatic rings. The summed E-state index contributed by atoms with van der Waals surface area (Å²) in [5.41, 5.74) is 7.20. The minimum Gasteiger partial charge on any atom is -0.376 e. The maximum absolute atomic E-state index is 14.7. The maximum atomic E-state index is 14.7. The van der Waals surface area contributed by atoms with Gasteiger partial charge in [0.05, 0.1) is 28.1 Å². The largest absolute Gasteiger partial charge is 0.376 e. The molecule has 1 atom stereocenters. The molecule has 0 amide bonds. The normalized spacial score (nSPS) is 18.5. The zero-order valence-corrected chi connectivity index (χ0v) is 20.0. The lowest BCUT2D eigenvalue weighted by Gasteiger charge is -2.30. The molecule has 172 valence electrons. The molecule has 5 rings (SSSR count). The lowest BCUT2D eigenvalue weighted by molar-refractivity contribution is 0.245. The second-order valence-corrected chi connectivity index (χ2v) is 9.61. The van der Waals surface area contributed by atoms with Crippen LogP contribution >= 0.6 is 11.6 Å². The third-order valence-corrected chi connectivity index (χ3v) is 7.13. The van der Waals surface area contributed by atoms with Crippen LogP contribution in [0.3, 0.4) is 0 Å². The lowest BCUT2D eigenvalue weighted by atomic mass is 9.90. The van der Waals surface area contributed by atoms with E-state index in [0.29, 0.717) is 18.3 Å². The average Bonchev–Trinajstić information content (AvgIpc) is 3.11. The molecule has 0 saturated heterocycles. The van der Waals surface area contributed by atoms with Crippen LogP contribution in [0.1, 0.15) is 49.6 Å². The lowest BCUT2D eigenvalue weighted by Crippen LogP contribution is -2.34. The highest BCUT2D eigenvalue weighted by molar-refractivity contribution is 6.31. The van der Waals surface area contributed by atoms with Crippen LogP contribution in [0.25, 0.3) is 16.8 Å². The van der Waals surface area contributed by atoms with Gasteiger partial charge in [-0.25, -0.2) is 9.07 Å². The van der Waals surface area contributed by atoms with Crippen LogP contribution in [0.5, 0.6) is 0 Å². The quantitative estimate of drug-likeness (QED) is 0.505. The Hall–Kier alpha value is -2.70. The van der Waals surface area contributed by atoms with E-state index < -0.39 is 5.82 Å². The van der Waals surface area contributed by atoms with E-state index in [1.807, 2.05) is 11.6 Å². The molecule has 7 heteroatoms. The number of hydrogen-bond donors (Lipinski definition) is 1. The predicted octanol–water partition coefficient (Wildman–Crippen LogP) is 6.10. The average molecular weight is 466 g/mol. The first-order valence-corrected chi connectivity index (χ1v) is 12.0. The second-order valence-electron chi connectivity index (χ2n) is 9.20. The monoisotopic (exact) mass is 465 g/mol. The molecule has 0 saturated carbocycles. The molecule has 0 radical (unpaired) electrons. The van der Waals surface area contributed by atoms with E-state index in [1.54, 1.807) is 18.2 Å². The van der Waals surface area contributed by atoms with Gasteiger partial charge in [-0.2, -0.15) is 0 Å². The molecule has 0 aliphatic carbocycles. The van der Waals surface area contributed by atoms with Crippen molar-refractivity contribution < 1.29 is 4.39 Å². The first-order chi connectivity index (χ1) is 15.9. The fraction of sp³-hybridized carbons (Fsp3) is 0.385. The van der Waals surface area contributed by atoms with Gasteiger partial charge in [0.15, 0.2) is 5.82 Å². The van der Waals surface area contributed by atoms with Crippen molar-refractivity contribution in [3.05, 3.63) is 70.1 Å². The summed E-state index contributed by atoms with van der Waals surface area (Å²) in [6, 6.07) is 12.2. The zero-order valence-electron chi connectivity index (χ0n) is 19.3. The van der Waals surface area contributed by atoms with Gasteiger partial charge in [-0.15, -0.1) is 5.10 Å². The number of aromatic nitrogens is 3. The fourth-order valence-corrected chi connectivity index (χ4v) is 5.11. The molecule has 33 heavy (non-hydrogen) atoms. The van der Waals surface area contributed by atoms with Gasteiger partial charge in [0.25, 0.3) is 0 Å². The molecule has 0 fully saturated rings. The van der Waals surface area contributed by atoms with Gasteiger partial charge in [-0.05, 0) is 68.5 Å². The molecule has 1 aromatic heterocycles. The van der Waals surface area contributed by atoms with E-state index >= 15 is 0 Å². The Morgan fingerprint density at radius 2 is 2.03 bits per heavy atom. The number of nitrogens with one attached hydrogen (secondary N) is 1. The van der Waals surface area contributed by atoms with Crippen molar-refractivity contribution in [3.8, 4) is 11.3 Å². The van der Waals surface area contributed by atoms with Crippen molar-refractivity contribution in [1.82, 2.24) is 19.9 Å². The van der Waals surface area contributed by atoms with Gasteiger partial charge in [0.1, 0.15) is 0 Å². The number of benzene rings is 2. The van der Waals surface area contributed by atoms with E-state index in [-0.39, 0.29) is 11.1 Å². The molecule has 0 spiro atoms. The molecule has 2 aliphatic heterocycles. The summed E-state index contributed by atoms with van der Waals surface area (Å²) in [6.45, 7) is 9.20. The molecular formula is C26H29ClFN5. The molecule has 1 N–H and O–H groups in total. The molecule has 1 unspecified atom stereocenters. The van der Waals surface area contributed by atoms with Gasteiger partial charge in [-0.1, -0.05) is 41.1 Å². The van der Waals surface area contributed by atoms with Gasteiger partial charge >= 0.3 is 0 Å². The second kappa shape index (κ2) is 8.92. The third-order valence-electron chi connectivity index (χ3n) is 6.84. The number of hydrogen-bond acceptors (Lipinski definition) is 4. The Balaban J connectivity index is 1.56. The number of rotatable bonds is 4. The highest BCUT2D eigenvalue weighted by Gasteiger charge is 2.27. The molecule has 2 aliphatic rings. The maximum Gasteiger partial charge on any atom is 0.164 e. The van der Waals surface area contributed by atoms with Gasteiger partial charge in [0.2, 0.25) is 0 Å². The van der Waals surface area contributed by atoms with Crippen LogP contribution < -0.4 is 5.32 Å². The number of halogens is 2. The fourth-order valence-electron chi connectivity index (χ4n) is 4.93. The highest BCUT2D eigenvalue weighted by Crippen LogP contribution is 2.39. The zero-order chi connectivity index (χ0) is 23.1. The Bertz CT molecular complexity index is 1220. The molecule has 2 aromatic carbocycles. The number of anilines is 1. The van der Waals surface area contributed by atoms with Gasteiger partial charge < -0.3 is 5.32 Å². The van der Waals surface area contributed by atoms with Crippen molar-refractivity contribution in [2.24, 2.45) is 0 Å². The summed E-state index contributed by atoms with van der Waals surface area (Å²) in [4.78, 5) is 2.48. The summed E-state index contributed by atoms with van der Waals surface area (Å²) < 4.78 is 16.7. The Labute approximate surface area is 199 Å². The topological polar surface area (TPSA) is 46.0 Å². The van der Waals surface area contributed by atoms with Crippen molar-refractivity contribution in [3.63, 3.8) is 0 Å². The van der Waals surface area contributed by atoms with Crippen LogP contribution in [-0.4, -0.2) is 39.0 Å². The summed E-state index contributed by atoms with van der Waals surface area (Å²) in [6.07, 6.45) is 4.13. The van der Waals surface area contributed by atoms with Crippen LogP contribution in [0, 0.1) is 12.7 Å². The summed E-state index contributed by atoms with van der Waals surface area (Å²) in [5, 5.41) is 12.2. The summed E-state index contributed by atoms with van der Waals surface area (Å²) >= 11 is 6.05. The Kier molecular flexibility index (Phi) is 5.97. The van der Waals surface area contributed by atoms with E-state index in [4.69, 9.17) is 11.6 Å². The van der Waals surface area contributed by atoms with Crippen LogP contribution in [-0.2, 0) is 6.54 Å². The van der Waals surface area contributed by atoms with E-state index in [1.165, 1.54) is 11.1 Å². The van der Waals surface area contributed by atoms with Crippen molar-refractivity contribution in [2.45, 2.75) is 52.2 Å². The van der Waals surface area contributed by atoms with Crippen LogP contribution in [0.15, 0.2) is 42.5 Å².